The van der Waals surface area contributed by atoms with Gasteiger partial charge in [0.15, 0.2) is 11.1 Å². The summed E-state index contributed by atoms with van der Waals surface area (Å²) in [6.07, 6.45) is -0.206. The lowest BCUT2D eigenvalue weighted by Gasteiger charge is -2.32. The number of rotatable bonds is 22. The van der Waals surface area contributed by atoms with Gasteiger partial charge in [-0.2, -0.15) is 12.7 Å². The summed E-state index contributed by atoms with van der Waals surface area (Å²) in [5.41, 5.74) is 6.42. The number of carbonyl (C=O) groups is 2. The molecule has 1 heterocycles. The normalized spacial score (nSPS) is 13.2. The van der Waals surface area contributed by atoms with Gasteiger partial charge in [0.05, 0.1) is 37.7 Å². The van der Waals surface area contributed by atoms with Crippen LogP contribution in [0.2, 0.25) is 0 Å². The first-order valence-corrected chi connectivity index (χ1v) is 30.1. The molecule has 1 amide bonds. The molecular formula is C58H74N4O12S3. The SMILES string of the molecule is CCN(c1ccc2c(-c3ccccc3S(=O)(=O)N(CC)CCOC(=O)NCCOC(=O)C(C)(C)CC)c3ccc(=Nc4c(C(C)C)cc(S(=O)O)cc4C(C)C)cc-3oc2c1)c1c(C(C)C)cc(S(=O)(=O)O)cc1C(C)C. The number of sulfonamides is 1. The molecule has 1 aliphatic carbocycles. The number of alkyl carbamates (subject to hydrolysis) is 1. The molecule has 416 valence electrons. The van der Waals surface area contributed by atoms with Crippen LogP contribution in [0.1, 0.15) is 142 Å². The Balaban J connectivity index is 1.53. The zero-order valence-corrected chi connectivity index (χ0v) is 48.8. The van der Waals surface area contributed by atoms with Gasteiger partial charge in [-0.1, -0.05) is 87.4 Å². The minimum absolute atomic E-state index is 0.00321. The van der Waals surface area contributed by atoms with E-state index < -0.39 is 42.7 Å². The van der Waals surface area contributed by atoms with E-state index in [1.54, 1.807) is 63.2 Å². The number of hydrogen-bond acceptors (Lipinski definition) is 12. The van der Waals surface area contributed by atoms with Crippen LogP contribution in [0.5, 0.6) is 0 Å². The number of esters is 1. The third-order valence-corrected chi connectivity index (χ3v) is 17.3. The number of nitrogens with one attached hydrogen (secondary N) is 1. The number of anilines is 2. The summed E-state index contributed by atoms with van der Waals surface area (Å²) in [7, 11) is -8.83. The van der Waals surface area contributed by atoms with Crippen molar-refractivity contribution in [1.29, 1.82) is 0 Å². The van der Waals surface area contributed by atoms with Crippen LogP contribution >= 0.6 is 0 Å². The lowest BCUT2D eigenvalue weighted by atomic mass is 9.91. The van der Waals surface area contributed by atoms with Gasteiger partial charge >= 0.3 is 12.1 Å². The summed E-state index contributed by atoms with van der Waals surface area (Å²) in [5.74, 6) is -0.420. The molecule has 4 aromatic rings. The van der Waals surface area contributed by atoms with Crippen LogP contribution in [-0.4, -0.2) is 85.9 Å². The van der Waals surface area contributed by atoms with Gasteiger partial charge in [-0.25, -0.2) is 22.4 Å². The lowest BCUT2D eigenvalue weighted by molar-refractivity contribution is -0.153. The molecular weight excluding hydrogens is 1040 g/mol. The first kappa shape index (κ1) is 60.3. The van der Waals surface area contributed by atoms with Gasteiger partial charge in [-0.15, -0.1) is 0 Å². The molecule has 0 radical (unpaired) electrons. The number of likely N-dealkylation sites (N-methyl/N-ethyl adjacent to an activating group) is 1. The maximum absolute atomic E-state index is 15.0. The van der Waals surface area contributed by atoms with E-state index in [2.05, 4.69) is 10.2 Å². The standard InChI is InChI=1S/C58H74N4O12S3/c1-14-58(12,13)56(63)72-27-25-59-57(64)73-28-26-61(15-2)76(67,68)52-20-18-17-19-45(52)53-43-23-21-39(60-54-46(35(4)5)31-41(75(65)66)32-47(54)36(6)7)29-50(43)74-51-30-40(22-24-44(51)53)62(16-3)55-48(37(8)9)33-42(77(69,70)71)34-49(55)38(10)11/h17-24,29-38H,14-16,25-28H2,1-13H3,(H,59,64)(H,65,66)(H,69,70,71). The highest BCUT2D eigenvalue weighted by atomic mass is 32.2. The molecule has 0 saturated carbocycles. The molecule has 0 fully saturated rings. The fourth-order valence-corrected chi connectivity index (χ4v) is 11.8. The molecule has 2 aliphatic rings. The number of ether oxygens (including phenoxy) is 2. The molecule has 6 rings (SSSR count). The van der Waals surface area contributed by atoms with Crippen LogP contribution in [0.15, 0.2) is 109 Å². The third-order valence-electron chi connectivity index (χ3n) is 13.8. The van der Waals surface area contributed by atoms with E-state index >= 15 is 0 Å². The van der Waals surface area contributed by atoms with Crippen molar-refractivity contribution in [3.05, 3.63) is 113 Å². The number of fused-ring (bicyclic) bond motifs is 2. The summed E-state index contributed by atoms with van der Waals surface area (Å²) in [6, 6.07) is 24.3. The van der Waals surface area contributed by atoms with Crippen molar-refractivity contribution < 1.29 is 53.6 Å². The number of amides is 1. The second-order valence-electron chi connectivity index (χ2n) is 20.9. The molecule has 77 heavy (non-hydrogen) atoms. The maximum Gasteiger partial charge on any atom is 0.407 e. The molecule has 4 aromatic carbocycles. The fraction of sp³-hybridized carbons (Fsp3) is 0.431. The Morgan fingerprint density at radius 1 is 0.753 bits per heavy atom. The van der Waals surface area contributed by atoms with Gasteiger partial charge in [0.1, 0.15) is 24.6 Å². The Bertz CT molecular complexity index is 3380. The second kappa shape index (κ2) is 24.8. The Morgan fingerprint density at radius 2 is 1.36 bits per heavy atom. The molecule has 1 unspecified atom stereocenters. The van der Waals surface area contributed by atoms with Crippen LogP contribution in [0.4, 0.5) is 21.9 Å². The van der Waals surface area contributed by atoms with E-state index in [0.29, 0.717) is 74.2 Å². The van der Waals surface area contributed by atoms with E-state index in [9.17, 15) is 39.7 Å². The summed E-state index contributed by atoms with van der Waals surface area (Å²) in [4.78, 5) is 32.4. The predicted octanol–water partition coefficient (Wildman–Crippen LogP) is 12.6. The van der Waals surface area contributed by atoms with Gasteiger partial charge in [0, 0.05) is 65.2 Å². The Labute approximate surface area is 456 Å². The first-order valence-electron chi connectivity index (χ1n) is 26.1. The van der Waals surface area contributed by atoms with Crippen LogP contribution in [0, 0.1) is 5.41 Å². The molecule has 1 aliphatic heterocycles. The predicted molar refractivity (Wildman–Crippen MR) is 303 cm³/mol. The zero-order chi connectivity index (χ0) is 56.9. The van der Waals surface area contributed by atoms with Crippen molar-refractivity contribution >= 4 is 71.3 Å². The van der Waals surface area contributed by atoms with Gasteiger partial charge in [0.2, 0.25) is 10.0 Å². The Hall–Kier alpha value is -5.96. The van der Waals surface area contributed by atoms with E-state index in [0.717, 1.165) is 16.8 Å². The molecule has 0 bridgehead atoms. The van der Waals surface area contributed by atoms with E-state index in [-0.39, 0.29) is 77.2 Å². The third kappa shape index (κ3) is 13.5. The van der Waals surface area contributed by atoms with Gasteiger partial charge in [0.25, 0.3) is 10.1 Å². The maximum atomic E-state index is 15.0. The minimum atomic E-state index is -4.54. The van der Waals surface area contributed by atoms with Crippen molar-refractivity contribution in [2.75, 3.05) is 44.3 Å². The van der Waals surface area contributed by atoms with Crippen molar-refractivity contribution in [3.8, 4) is 22.5 Å². The monoisotopic (exact) mass is 1110 g/mol. The average molecular weight is 1120 g/mol. The molecule has 0 aromatic heterocycles. The highest BCUT2D eigenvalue weighted by molar-refractivity contribution is 7.89. The summed E-state index contributed by atoms with van der Waals surface area (Å²) >= 11 is -2.22. The van der Waals surface area contributed by atoms with Crippen molar-refractivity contribution in [3.63, 3.8) is 0 Å². The molecule has 1 atom stereocenters. The largest absolute Gasteiger partial charge is 0.463 e. The Morgan fingerprint density at radius 3 is 1.91 bits per heavy atom. The van der Waals surface area contributed by atoms with Crippen LogP contribution in [-0.2, 0) is 45.5 Å². The van der Waals surface area contributed by atoms with Crippen molar-refractivity contribution in [2.45, 2.75) is 135 Å². The average Bonchev–Trinajstić information content (AvgIpc) is 3.41. The Kier molecular flexibility index (Phi) is 19.4. The molecule has 3 N–H and O–H groups in total. The summed E-state index contributed by atoms with van der Waals surface area (Å²) < 4.78 is 107. The zero-order valence-electron chi connectivity index (χ0n) is 46.4. The second-order valence-corrected chi connectivity index (χ2v) is 25.2. The topological polar surface area (TPSA) is 222 Å². The minimum Gasteiger partial charge on any atom is -0.463 e. The highest BCUT2D eigenvalue weighted by Gasteiger charge is 2.31. The van der Waals surface area contributed by atoms with E-state index in [1.165, 1.54) is 16.4 Å². The van der Waals surface area contributed by atoms with Gasteiger partial charge in [-0.05, 0) is 128 Å². The first-order chi connectivity index (χ1) is 36.2. The van der Waals surface area contributed by atoms with Crippen LogP contribution in [0.25, 0.3) is 33.4 Å². The number of benzene rings is 5. The molecule has 0 spiro atoms. The number of hydrogen-bond donors (Lipinski definition) is 3. The quantitative estimate of drug-likeness (QED) is 0.0189. The van der Waals surface area contributed by atoms with Crippen LogP contribution < -0.4 is 15.6 Å². The summed E-state index contributed by atoms with van der Waals surface area (Å²) in [5, 5.41) is 3.65. The summed E-state index contributed by atoms with van der Waals surface area (Å²) in [6.45, 7) is 25.0. The lowest BCUT2D eigenvalue weighted by Crippen LogP contribution is -2.36. The fourth-order valence-electron chi connectivity index (χ4n) is 9.16. The molecule has 0 saturated heterocycles. The molecule has 19 heteroatoms. The number of carbonyl (C=O) groups excluding carboxylic acids is 2. The number of nitrogens with zero attached hydrogens (tertiary/aromatic N) is 3. The van der Waals surface area contributed by atoms with E-state index in [1.807, 2.05) is 99.6 Å². The van der Waals surface area contributed by atoms with Crippen molar-refractivity contribution in [2.24, 2.45) is 10.4 Å². The van der Waals surface area contributed by atoms with Gasteiger partial charge < -0.3 is 28.7 Å². The highest BCUT2D eigenvalue weighted by Crippen LogP contribution is 2.46. The van der Waals surface area contributed by atoms with Crippen LogP contribution in [0.3, 0.4) is 0 Å². The van der Waals surface area contributed by atoms with Gasteiger partial charge in [-0.3, -0.25) is 9.35 Å². The van der Waals surface area contributed by atoms with E-state index in [4.69, 9.17) is 18.9 Å². The molecule has 16 nitrogen and oxygen atoms in total. The van der Waals surface area contributed by atoms with Crippen molar-refractivity contribution in [1.82, 2.24) is 9.62 Å². The smallest absolute Gasteiger partial charge is 0.407 e.